The van der Waals surface area contributed by atoms with Crippen LogP contribution in [0.25, 0.3) is 0 Å². The van der Waals surface area contributed by atoms with Crippen LogP contribution in [0.3, 0.4) is 0 Å². The highest BCUT2D eigenvalue weighted by Crippen LogP contribution is 2.20. The monoisotopic (exact) mass is 252 g/mol. The van der Waals surface area contributed by atoms with Crippen LogP contribution in [0, 0.1) is 11.7 Å². The second-order valence-electron chi connectivity index (χ2n) is 5.29. The van der Waals surface area contributed by atoms with Crippen molar-refractivity contribution in [1.82, 2.24) is 10.2 Å². The van der Waals surface area contributed by atoms with Gasteiger partial charge in [-0.25, -0.2) is 4.39 Å². The van der Waals surface area contributed by atoms with Crippen LogP contribution in [0.4, 0.5) is 4.39 Å². The SMILES string of the molecule is CC1CN(C)CCC1NCc1cc(F)ccc1O. The van der Waals surface area contributed by atoms with Crippen LogP contribution in [0.2, 0.25) is 0 Å². The number of hydrogen-bond donors (Lipinski definition) is 2. The molecule has 1 heterocycles. The lowest BCUT2D eigenvalue weighted by Crippen LogP contribution is -2.46. The average Bonchev–Trinajstić information content (AvgIpc) is 2.32. The van der Waals surface area contributed by atoms with Crippen molar-refractivity contribution < 1.29 is 9.50 Å². The maximum atomic E-state index is 13.1. The number of piperidine rings is 1. The van der Waals surface area contributed by atoms with Gasteiger partial charge in [-0.1, -0.05) is 6.92 Å². The smallest absolute Gasteiger partial charge is 0.123 e. The van der Waals surface area contributed by atoms with E-state index in [1.165, 1.54) is 18.2 Å². The third-order valence-electron chi connectivity index (χ3n) is 3.70. The molecular formula is C14H21FN2O. The van der Waals surface area contributed by atoms with Crippen molar-refractivity contribution >= 4 is 0 Å². The lowest BCUT2D eigenvalue weighted by molar-refractivity contribution is 0.174. The number of phenolic OH excluding ortho intramolecular Hbond substituents is 1. The highest BCUT2D eigenvalue weighted by Gasteiger charge is 2.23. The summed E-state index contributed by atoms with van der Waals surface area (Å²) in [5.74, 6) is 0.421. The molecule has 2 atom stereocenters. The number of nitrogens with zero attached hydrogens (tertiary/aromatic N) is 1. The fourth-order valence-corrected chi connectivity index (χ4v) is 2.59. The largest absolute Gasteiger partial charge is 0.508 e. The summed E-state index contributed by atoms with van der Waals surface area (Å²) in [5.41, 5.74) is 0.626. The number of rotatable bonds is 3. The minimum absolute atomic E-state index is 0.157. The third-order valence-corrected chi connectivity index (χ3v) is 3.70. The standard InChI is InChI=1S/C14H21FN2O/c1-10-9-17(2)6-5-13(10)16-8-11-7-12(15)3-4-14(11)18/h3-4,7,10,13,16,18H,5-6,8-9H2,1-2H3. The molecule has 1 aliphatic heterocycles. The van der Waals surface area contributed by atoms with Gasteiger partial charge in [0.2, 0.25) is 0 Å². The molecule has 0 saturated carbocycles. The van der Waals surface area contributed by atoms with Crippen molar-refractivity contribution in [2.24, 2.45) is 5.92 Å². The van der Waals surface area contributed by atoms with Gasteiger partial charge in [0.05, 0.1) is 0 Å². The Labute approximate surface area is 108 Å². The number of phenols is 1. The molecule has 2 rings (SSSR count). The molecule has 1 aromatic carbocycles. The predicted molar refractivity (Wildman–Crippen MR) is 70.0 cm³/mol. The molecular weight excluding hydrogens is 231 g/mol. The molecule has 1 aromatic rings. The van der Waals surface area contributed by atoms with Crippen LogP contribution in [0.5, 0.6) is 5.75 Å². The number of nitrogens with one attached hydrogen (secondary N) is 1. The van der Waals surface area contributed by atoms with Crippen LogP contribution in [-0.4, -0.2) is 36.2 Å². The van der Waals surface area contributed by atoms with E-state index in [0.29, 0.717) is 24.1 Å². The number of aromatic hydroxyl groups is 1. The average molecular weight is 252 g/mol. The number of likely N-dealkylation sites (tertiary alicyclic amines) is 1. The quantitative estimate of drug-likeness (QED) is 0.863. The summed E-state index contributed by atoms with van der Waals surface area (Å²) in [6, 6.07) is 4.51. The molecule has 0 bridgehead atoms. The molecule has 0 spiro atoms. The molecule has 18 heavy (non-hydrogen) atoms. The van der Waals surface area contributed by atoms with E-state index in [1.54, 1.807) is 0 Å². The zero-order chi connectivity index (χ0) is 13.1. The highest BCUT2D eigenvalue weighted by atomic mass is 19.1. The van der Waals surface area contributed by atoms with Gasteiger partial charge in [0.15, 0.2) is 0 Å². The van der Waals surface area contributed by atoms with Crippen LogP contribution in [0.15, 0.2) is 18.2 Å². The predicted octanol–water partition coefficient (Wildman–Crippen LogP) is 1.96. The summed E-state index contributed by atoms with van der Waals surface area (Å²) in [7, 11) is 2.13. The lowest BCUT2D eigenvalue weighted by Gasteiger charge is -2.35. The van der Waals surface area contributed by atoms with Crippen molar-refractivity contribution in [3.8, 4) is 5.75 Å². The molecule has 1 saturated heterocycles. The van der Waals surface area contributed by atoms with Crippen LogP contribution < -0.4 is 5.32 Å². The van der Waals surface area contributed by atoms with Crippen molar-refractivity contribution in [2.75, 3.05) is 20.1 Å². The second kappa shape index (κ2) is 5.67. The van der Waals surface area contributed by atoms with Gasteiger partial charge < -0.3 is 15.3 Å². The Morgan fingerprint density at radius 1 is 1.50 bits per heavy atom. The summed E-state index contributed by atoms with van der Waals surface area (Å²) >= 11 is 0. The van der Waals surface area contributed by atoms with Crippen LogP contribution in [-0.2, 0) is 6.54 Å². The Balaban J connectivity index is 1.93. The molecule has 0 aromatic heterocycles. The van der Waals surface area contributed by atoms with E-state index in [0.717, 1.165) is 19.5 Å². The first-order valence-corrected chi connectivity index (χ1v) is 6.45. The molecule has 100 valence electrons. The van der Waals surface area contributed by atoms with Gasteiger partial charge in [-0.3, -0.25) is 0 Å². The molecule has 0 aliphatic carbocycles. The maximum Gasteiger partial charge on any atom is 0.123 e. The second-order valence-corrected chi connectivity index (χ2v) is 5.29. The third kappa shape index (κ3) is 3.21. The fraction of sp³-hybridized carbons (Fsp3) is 0.571. The van der Waals surface area contributed by atoms with E-state index in [1.807, 2.05) is 0 Å². The van der Waals surface area contributed by atoms with Crippen molar-refractivity contribution in [1.29, 1.82) is 0 Å². The minimum Gasteiger partial charge on any atom is -0.508 e. The molecule has 2 N–H and O–H groups in total. The Bertz CT molecular complexity index is 411. The van der Waals surface area contributed by atoms with Gasteiger partial charge in [0, 0.05) is 24.7 Å². The van der Waals surface area contributed by atoms with Gasteiger partial charge in [-0.15, -0.1) is 0 Å². The topological polar surface area (TPSA) is 35.5 Å². The van der Waals surface area contributed by atoms with Crippen LogP contribution >= 0.6 is 0 Å². The molecule has 0 radical (unpaired) electrons. The van der Waals surface area contributed by atoms with E-state index in [2.05, 4.69) is 24.2 Å². The summed E-state index contributed by atoms with van der Waals surface area (Å²) in [4.78, 5) is 2.32. The first kappa shape index (κ1) is 13.3. The van der Waals surface area contributed by atoms with Crippen molar-refractivity contribution in [2.45, 2.75) is 25.9 Å². The zero-order valence-electron chi connectivity index (χ0n) is 11.0. The van der Waals surface area contributed by atoms with Gasteiger partial charge >= 0.3 is 0 Å². The van der Waals surface area contributed by atoms with E-state index in [-0.39, 0.29) is 11.6 Å². The number of halogens is 1. The molecule has 0 amide bonds. The normalized spacial score (nSPS) is 25.3. The molecule has 1 aliphatic rings. The molecule has 3 nitrogen and oxygen atoms in total. The zero-order valence-corrected chi connectivity index (χ0v) is 11.0. The minimum atomic E-state index is -0.305. The number of benzene rings is 1. The van der Waals surface area contributed by atoms with Crippen molar-refractivity contribution in [3.05, 3.63) is 29.6 Å². The van der Waals surface area contributed by atoms with E-state index in [4.69, 9.17) is 0 Å². The summed E-state index contributed by atoms with van der Waals surface area (Å²) in [5, 5.41) is 13.1. The van der Waals surface area contributed by atoms with E-state index in [9.17, 15) is 9.50 Å². The highest BCUT2D eigenvalue weighted by molar-refractivity contribution is 5.32. The van der Waals surface area contributed by atoms with E-state index < -0.39 is 0 Å². The summed E-state index contributed by atoms with van der Waals surface area (Å²) < 4.78 is 13.1. The Morgan fingerprint density at radius 2 is 2.28 bits per heavy atom. The van der Waals surface area contributed by atoms with Gasteiger partial charge in [-0.05, 0) is 44.1 Å². The van der Waals surface area contributed by atoms with Gasteiger partial charge in [0.1, 0.15) is 11.6 Å². The van der Waals surface area contributed by atoms with Crippen molar-refractivity contribution in [3.63, 3.8) is 0 Å². The Hall–Kier alpha value is -1.13. The summed E-state index contributed by atoms with van der Waals surface area (Å²) in [6.45, 7) is 4.89. The first-order chi connectivity index (χ1) is 8.56. The molecule has 2 unspecified atom stereocenters. The molecule has 1 fully saturated rings. The summed E-state index contributed by atoms with van der Waals surface area (Å²) in [6.07, 6.45) is 1.09. The Morgan fingerprint density at radius 3 is 3.00 bits per heavy atom. The van der Waals surface area contributed by atoms with Crippen LogP contribution in [0.1, 0.15) is 18.9 Å². The maximum absolute atomic E-state index is 13.1. The van der Waals surface area contributed by atoms with Gasteiger partial charge in [0.25, 0.3) is 0 Å². The van der Waals surface area contributed by atoms with Gasteiger partial charge in [-0.2, -0.15) is 0 Å². The first-order valence-electron chi connectivity index (χ1n) is 6.45. The molecule has 4 heteroatoms. The lowest BCUT2D eigenvalue weighted by atomic mass is 9.94. The Kier molecular flexibility index (Phi) is 4.19. The van der Waals surface area contributed by atoms with E-state index >= 15 is 0 Å². The fourth-order valence-electron chi connectivity index (χ4n) is 2.59. The number of hydrogen-bond acceptors (Lipinski definition) is 3.